The van der Waals surface area contributed by atoms with Crippen molar-refractivity contribution in [3.63, 3.8) is 0 Å². The molecule has 0 spiro atoms. The second-order valence-electron chi connectivity index (χ2n) is 6.86. The van der Waals surface area contributed by atoms with Crippen LogP contribution in [0.1, 0.15) is 45.9 Å². The Kier molecular flexibility index (Phi) is 3.75. The largest absolute Gasteiger partial charge is 0.376 e. The molecule has 4 nitrogen and oxygen atoms in total. The third kappa shape index (κ3) is 3.14. The number of nitrogens with one attached hydrogen (secondary N) is 1. The monoisotopic (exact) mass is 339 g/mol. The summed E-state index contributed by atoms with van der Waals surface area (Å²) >= 11 is 3.49. The van der Waals surface area contributed by atoms with E-state index < -0.39 is 0 Å². The average molecular weight is 340 g/mol. The van der Waals surface area contributed by atoms with E-state index in [1.54, 1.807) is 0 Å². The predicted molar refractivity (Wildman–Crippen MR) is 82.9 cm³/mol. The fourth-order valence-corrected chi connectivity index (χ4v) is 3.06. The number of nitrogens with zero attached hydrogens (tertiary/aromatic N) is 2. The molecule has 1 aliphatic carbocycles. The zero-order chi connectivity index (χ0) is 14.3. The van der Waals surface area contributed by atoms with Gasteiger partial charge in [-0.05, 0) is 41.1 Å². The molecule has 0 aromatic carbocycles. The second kappa shape index (κ2) is 5.26. The molecular formula is C15H22BrN3O. The van der Waals surface area contributed by atoms with Gasteiger partial charge in [-0.15, -0.1) is 0 Å². The van der Waals surface area contributed by atoms with Crippen molar-refractivity contribution < 1.29 is 4.74 Å². The summed E-state index contributed by atoms with van der Waals surface area (Å²) in [5, 5.41) is 3.56. The van der Waals surface area contributed by atoms with Gasteiger partial charge in [0, 0.05) is 18.1 Å². The summed E-state index contributed by atoms with van der Waals surface area (Å²) in [5.41, 5.74) is -0.0533. The molecule has 2 aliphatic rings. The molecule has 1 N–H and O–H groups in total. The highest BCUT2D eigenvalue weighted by Gasteiger charge is 2.40. The Bertz CT molecular complexity index is 496. The zero-order valence-corrected chi connectivity index (χ0v) is 13.9. The van der Waals surface area contributed by atoms with Crippen molar-refractivity contribution in [2.45, 2.75) is 57.6 Å². The minimum absolute atomic E-state index is 0.0533. The molecular weight excluding hydrogens is 318 g/mol. The number of hydrogen-bond donors (Lipinski definition) is 1. The van der Waals surface area contributed by atoms with Crippen molar-refractivity contribution in [2.24, 2.45) is 5.92 Å². The molecule has 1 saturated heterocycles. The summed E-state index contributed by atoms with van der Waals surface area (Å²) in [5.74, 6) is 2.51. The van der Waals surface area contributed by atoms with Gasteiger partial charge in [-0.25, -0.2) is 9.97 Å². The predicted octanol–water partition coefficient (Wildman–Crippen LogP) is 3.52. The van der Waals surface area contributed by atoms with Gasteiger partial charge in [0.25, 0.3) is 0 Å². The van der Waals surface area contributed by atoms with Gasteiger partial charge < -0.3 is 10.1 Å². The van der Waals surface area contributed by atoms with Gasteiger partial charge in [0.1, 0.15) is 16.2 Å². The van der Waals surface area contributed by atoms with Crippen LogP contribution < -0.4 is 5.32 Å². The van der Waals surface area contributed by atoms with E-state index in [1.165, 1.54) is 12.8 Å². The molecule has 2 fully saturated rings. The van der Waals surface area contributed by atoms with E-state index in [9.17, 15) is 0 Å². The molecule has 1 saturated carbocycles. The van der Waals surface area contributed by atoms with Crippen molar-refractivity contribution in [3.8, 4) is 0 Å². The van der Waals surface area contributed by atoms with Gasteiger partial charge in [-0.3, -0.25) is 0 Å². The Hall–Kier alpha value is -0.680. The summed E-state index contributed by atoms with van der Waals surface area (Å²) in [4.78, 5) is 9.16. The van der Waals surface area contributed by atoms with Gasteiger partial charge in [-0.2, -0.15) is 0 Å². The number of anilines is 1. The lowest BCUT2D eigenvalue weighted by atomic mass is 9.96. The van der Waals surface area contributed by atoms with Crippen molar-refractivity contribution in [1.82, 2.24) is 9.97 Å². The number of aromatic nitrogens is 2. The molecule has 2 unspecified atom stereocenters. The Morgan fingerprint density at radius 3 is 2.65 bits per heavy atom. The Labute approximate surface area is 128 Å². The quantitative estimate of drug-likeness (QED) is 0.856. The summed E-state index contributed by atoms with van der Waals surface area (Å²) < 4.78 is 6.71. The van der Waals surface area contributed by atoms with Crippen molar-refractivity contribution in [2.75, 3.05) is 11.9 Å². The standard InChI is InChI=1S/C15H22BrN3O/c1-15(2,3)14-18-11(16)8-12(19-14)17-10-6-7-20-13(10)9-4-5-9/h8-10,13H,4-7H2,1-3H3,(H,17,18,19). The molecule has 0 radical (unpaired) electrons. The first-order valence-electron chi connectivity index (χ1n) is 7.37. The van der Waals surface area contributed by atoms with Gasteiger partial charge in [0.2, 0.25) is 0 Å². The highest BCUT2D eigenvalue weighted by molar-refractivity contribution is 9.10. The molecule has 3 rings (SSSR count). The van der Waals surface area contributed by atoms with E-state index in [4.69, 9.17) is 4.74 Å². The second-order valence-corrected chi connectivity index (χ2v) is 7.67. The smallest absolute Gasteiger partial charge is 0.137 e. The van der Waals surface area contributed by atoms with Crippen molar-refractivity contribution >= 4 is 21.7 Å². The van der Waals surface area contributed by atoms with Crippen LogP contribution in [0, 0.1) is 5.92 Å². The number of ether oxygens (including phenoxy) is 1. The molecule has 2 atom stereocenters. The van der Waals surface area contributed by atoms with Gasteiger partial charge in [0.05, 0.1) is 12.1 Å². The first-order chi connectivity index (χ1) is 9.43. The van der Waals surface area contributed by atoms with Gasteiger partial charge in [-0.1, -0.05) is 20.8 Å². The van der Waals surface area contributed by atoms with Crippen LogP contribution >= 0.6 is 15.9 Å². The highest BCUT2D eigenvalue weighted by atomic mass is 79.9. The van der Waals surface area contributed by atoms with Crippen LogP contribution in [0.15, 0.2) is 10.7 Å². The Morgan fingerprint density at radius 1 is 1.25 bits per heavy atom. The highest BCUT2D eigenvalue weighted by Crippen LogP contribution is 2.39. The molecule has 110 valence electrons. The Balaban J connectivity index is 1.78. The molecule has 20 heavy (non-hydrogen) atoms. The van der Waals surface area contributed by atoms with E-state index in [1.807, 2.05) is 6.07 Å². The molecule has 5 heteroatoms. The maximum atomic E-state index is 5.87. The van der Waals surface area contributed by atoms with Crippen LogP contribution in [-0.2, 0) is 10.2 Å². The van der Waals surface area contributed by atoms with Crippen molar-refractivity contribution in [3.05, 3.63) is 16.5 Å². The number of rotatable bonds is 3. The molecule has 0 amide bonds. The minimum atomic E-state index is -0.0533. The van der Waals surface area contributed by atoms with E-state index >= 15 is 0 Å². The van der Waals surface area contributed by atoms with Crippen LogP contribution in [-0.4, -0.2) is 28.7 Å². The van der Waals surface area contributed by atoms with E-state index in [2.05, 4.69) is 52.0 Å². The first-order valence-corrected chi connectivity index (χ1v) is 8.16. The van der Waals surface area contributed by atoms with E-state index in [-0.39, 0.29) is 5.41 Å². The SMILES string of the molecule is CC(C)(C)c1nc(Br)cc(NC2CCOC2C2CC2)n1. The van der Waals surface area contributed by atoms with Crippen LogP contribution in [0.5, 0.6) is 0 Å². The summed E-state index contributed by atoms with van der Waals surface area (Å²) in [6, 6.07) is 2.34. The van der Waals surface area contributed by atoms with Crippen molar-refractivity contribution in [1.29, 1.82) is 0 Å². The zero-order valence-electron chi connectivity index (χ0n) is 12.3. The fourth-order valence-electron chi connectivity index (χ4n) is 2.67. The lowest BCUT2D eigenvalue weighted by Gasteiger charge is -2.22. The maximum Gasteiger partial charge on any atom is 0.137 e. The third-order valence-corrected chi connectivity index (χ3v) is 4.33. The molecule has 1 aromatic rings. The average Bonchev–Trinajstić information content (AvgIpc) is 3.09. The number of halogens is 1. The minimum Gasteiger partial charge on any atom is -0.376 e. The molecule has 1 aromatic heterocycles. The fraction of sp³-hybridized carbons (Fsp3) is 0.733. The molecule has 1 aliphatic heterocycles. The van der Waals surface area contributed by atoms with Gasteiger partial charge >= 0.3 is 0 Å². The lowest BCUT2D eigenvalue weighted by molar-refractivity contribution is 0.0898. The van der Waals surface area contributed by atoms with Crippen LogP contribution in [0.4, 0.5) is 5.82 Å². The van der Waals surface area contributed by atoms with E-state index in [0.29, 0.717) is 12.1 Å². The first kappa shape index (κ1) is 14.3. The lowest BCUT2D eigenvalue weighted by Crippen LogP contribution is -2.31. The molecule has 2 heterocycles. The molecule has 0 bridgehead atoms. The van der Waals surface area contributed by atoms with Gasteiger partial charge in [0.15, 0.2) is 0 Å². The summed E-state index contributed by atoms with van der Waals surface area (Å²) in [6.45, 7) is 7.25. The summed E-state index contributed by atoms with van der Waals surface area (Å²) in [6.07, 6.45) is 4.04. The normalized spacial score (nSPS) is 26.8. The topological polar surface area (TPSA) is 47.0 Å². The van der Waals surface area contributed by atoms with Crippen LogP contribution in [0.25, 0.3) is 0 Å². The maximum absolute atomic E-state index is 5.87. The number of hydrogen-bond acceptors (Lipinski definition) is 4. The van der Waals surface area contributed by atoms with Crippen LogP contribution in [0.2, 0.25) is 0 Å². The van der Waals surface area contributed by atoms with Crippen LogP contribution in [0.3, 0.4) is 0 Å². The Morgan fingerprint density at radius 2 is 2.00 bits per heavy atom. The third-order valence-electron chi connectivity index (χ3n) is 3.92. The summed E-state index contributed by atoms with van der Waals surface area (Å²) in [7, 11) is 0. The van der Waals surface area contributed by atoms with E-state index in [0.717, 1.165) is 35.2 Å².